The van der Waals surface area contributed by atoms with Gasteiger partial charge in [-0.2, -0.15) is 0 Å². The molecule has 2 aliphatic heterocycles. The van der Waals surface area contributed by atoms with E-state index in [4.69, 9.17) is 14.7 Å². The molecule has 166 valence electrons. The normalized spacial score (nSPS) is 18.4. The van der Waals surface area contributed by atoms with Crippen molar-refractivity contribution in [1.29, 1.82) is 0 Å². The number of fused-ring (bicyclic) bond motifs is 1. The van der Waals surface area contributed by atoms with Crippen molar-refractivity contribution in [3.8, 4) is 11.4 Å². The van der Waals surface area contributed by atoms with E-state index in [2.05, 4.69) is 20.9 Å². The third-order valence-electron chi connectivity index (χ3n) is 5.58. The lowest BCUT2D eigenvalue weighted by Crippen LogP contribution is -2.40. The number of rotatable bonds is 6. The zero-order chi connectivity index (χ0) is 21.6. The van der Waals surface area contributed by atoms with Gasteiger partial charge >= 0.3 is 6.03 Å². The molecule has 1 aromatic heterocycles. The van der Waals surface area contributed by atoms with E-state index in [1.165, 1.54) is 0 Å². The molecule has 4 N–H and O–H groups in total. The quantitative estimate of drug-likeness (QED) is 0.556. The summed E-state index contributed by atoms with van der Waals surface area (Å²) >= 11 is 0. The van der Waals surface area contributed by atoms with Crippen LogP contribution in [0.5, 0.6) is 0 Å². The van der Waals surface area contributed by atoms with Gasteiger partial charge in [-0.25, -0.2) is 14.8 Å². The van der Waals surface area contributed by atoms with Crippen molar-refractivity contribution in [1.82, 2.24) is 20.6 Å². The lowest BCUT2D eigenvalue weighted by atomic mass is 9.97. The number of aliphatic hydroxyl groups is 1. The highest BCUT2D eigenvalue weighted by molar-refractivity contribution is 5.89. The molecule has 0 bridgehead atoms. The Bertz CT molecular complexity index is 899. The molecule has 1 saturated heterocycles. The Morgan fingerprint density at radius 2 is 2.03 bits per heavy atom. The number of nitrogens with one attached hydrogen (secondary N) is 3. The third-order valence-corrected chi connectivity index (χ3v) is 5.58. The Labute approximate surface area is 182 Å². The minimum Gasteiger partial charge on any atom is -0.396 e. The first-order valence-electron chi connectivity index (χ1n) is 10.9. The molecular weight excluding hydrogens is 396 g/mol. The van der Waals surface area contributed by atoms with Gasteiger partial charge in [-0.3, -0.25) is 0 Å². The van der Waals surface area contributed by atoms with Crippen LogP contribution in [0.2, 0.25) is 0 Å². The SMILES string of the molecule is CCNC(=O)Nc1ccc(-c2nc3c(c(N4CCOCC4)n2)CCNC3CCO)cc1. The molecule has 2 aliphatic rings. The maximum absolute atomic E-state index is 11.8. The van der Waals surface area contributed by atoms with Gasteiger partial charge in [0.15, 0.2) is 5.82 Å². The van der Waals surface area contributed by atoms with E-state index in [1.54, 1.807) is 0 Å². The van der Waals surface area contributed by atoms with Gasteiger partial charge in [-0.05, 0) is 44.0 Å². The first-order chi connectivity index (χ1) is 15.2. The fourth-order valence-corrected chi connectivity index (χ4v) is 4.06. The Morgan fingerprint density at radius 1 is 1.26 bits per heavy atom. The maximum atomic E-state index is 11.8. The minimum absolute atomic E-state index is 0.00831. The molecule has 4 rings (SSSR count). The van der Waals surface area contributed by atoms with Gasteiger partial charge in [0.05, 0.1) is 24.9 Å². The number of ether oxygens (including phenoxy) is 1. The van der Waals surface area contributed by atoms with E-state index in [0.717, 1.165) is 48.7 Å². The van der Waals surface area contributed by atoms with Crippen molar-refractivity contribution in [3.63, 3.8) is 0 Å². The molecule has 0 radical (unpaired) electrons. The Balaban J connectivity index is 1.68. The first kappa shape index (κ1) is 21.5. The summed E-state index contributed by atoms with van der Waals surface area (Å²) in [6.07, 6.45) is 1.47. The van der Waals surface area contributed by atoms with Gasteiger partial charge in [-0.15, -0.1) is 0 Å². The fourth-order valence-electron chi connectivity index (χ4n) is 4.06. The molecule has 0 spiro atoms. The number of anilines is 2. The molecule has 9 heteroatoms. The van der Waals surface area contributed by atoms with Crippen molar-refractivity contribution in [2.45, 2.75) is 25.8 Å². The van der Waals surface area contributed by atoms with E-state index in [1.807, 2.05) is 31.2 Å². The standard InChI is InChI=1S/C22H30N6O3/c1-2-23-22(30)25-16-5-3-15(4-6-16)20-26-19-17(7-9-24-18(19)8-12-29)21(27-20)28-10-13-31-14-11-28/h3-6,18,24,29H,2,7-14H2,1H3,(H2,23,25,30). The highest BCUT2D eigenvalue weighted by Gasteiger charge is 2.28. The van der Waals surface area contributed by atoms with E-state index < -0.39 is 0 Å². The predicted octanol–water partition coefficient (Wildman–Crippen LogP) is 1.69. The molecule has 1 unspecified atom stereocenters. The Hall–Kier alpha value is -2.75. The number of hydrogen-bond donors (Lipinski definition) is 4. The molecule has 1 atom stereocenters. The Morgan fingerprint density at radius 3 is 2.74 bits per heavy atom. The van der Waals surface area contributed by atoms with Crippen LogP contribution in [0.1, 0.15) is 30.6 Å². The lowest BCUT2D eigenvalue weighted by Gasteiger charge is -2.33. The van der Waals surface area contributed by atoms with Gasteiger partial charge < -0.3 is 30.7 Å². The minimum atomic E-state index is -0.229. The first-order valence-corrected chi connectivity index (χ1v) is 10.9. The molecule has 2 amide bonds. The number of carbonyl (C=O) groups is 1. The molecule has 1 aromatic carbocycles. The average molecular weight is 427 g/mol. The number of morpholine rings is 1. The van der Waals surface area contributed by atoms with E-state index in [9.17, 15) is 9.90 Å². The summed E-state index contributed by atoms with van der Waals surface area (Å²) in [5.41, 5.74) is 3.72. The number of carbonyl (C=O) groups excluding carboxylic acids is 1. The Kier molecular flexibility index (Phi) is 6.96. The van der Waals surface area contributed by atoms with Gasteiger partial charge in [0.1, 0.15) is 5.82 Å². The van der Waals surface area contributed by atoms with Crippen molar-refractivity contribution < 1.29 is 14.6 Å². The highest BCUT2D eigenvalue weighted by atomic mass is 16.5. The van der Waals surface area contributed by atoms with Gasteiger partial charge in [0, 0.05) is 49.6 Å². The number of amides is 2. The number of aromatic nitrogens is 2. The molecule has 0 aliphatic carbocycles. The highest BCUT2D eigenvalue weighted by Crippen LogP contribution is 2.33. The van der Waals surface area contributed by atoms with Crippen LogP contribution in [-0.4, -0.2) is 67.1 Å². The summed E-state index contributed by atoms with van der Waals surface area (Å²) < 4.78 is 5.53. The summed E-state index contributed by atoms with van der Waals surface area (Å²) in [5.74, 6) is 1.62. The molecule has 0 saturated carbocycles. The van der Waals surface area contributed by atoms with E-state index in [0.29, 0.717) is 37.7 Å². The monoisotopic (exact) mass is 426 g/mol. The molecule has 3 heterocycles. The summed E-state index contributed by atoms with van der Waals surface area (Å²) in [7, 11) is 0. The number of aliphatic hydroxyl groups excluding tert-OH is 1. The van der Waals surface area contributed by atoms with E-state index in [-0.39, 0.29) is 18.7 Å². The molecule has 2 aromatic rings. The van der Waals surface area contributed by atoms with E-state index >= 15 is 0 Å². The lowest BCUT2D eigenvalue weighted by molar-refractivity contribution is 0.122. The summed E-state index contributed by atoms with van der Waals surface area (Å²) in [6, 6.07) is 7.32. The summed E-state index contributed by atoms with van der Waals surface area (Å²) in [4.78, 5) is 23.9. The smallest absolute Gasteiger partial charge is 0.319 e. The number of benzene rings is 1. The molecular formula is C22H30N6O3. The van der Waals surface area contributed by atoms with Crippen LogP contribution in [0, 0.1) is 0 Å². The fraction of sp³-hybridized carbons (Fsp3) is 0.500. The van der Waals surface area contributed by atoms with Crippen LogP contribution in [-0.2, 0) is 11.2 Å². The second kappa shape index (κ2) is 10.0. The van der Waals surface area contributed by atoms with Crippen LogP contribution in [0.3, 0.4) is 0 Å². The van der Waals surface area contributed by atoms with Crippen LogP contribution in [0.4, 0.5) is 16.3 Å². The summed E-state index contributed by atoms with van der Waals surface area (Å²) in [5, 5.41) is 18.5. The third kappa shape index (κ3) is 4.95. The zero-order valence-corrected chi connectivity index (χ0v) is 17.9. The van der Waals surface area contributed by atoms with Crippen molar-refractivity contribution >= 4 is 17.5 Å². The largest absolute Gasteiger partial charge is 0.396 e. The van der Waals surface area contributed by atoms with Gasteiger partial charge in [0.2, 0.25) is 0 Å². The predicted molar refractivity (Wildman–Crippen MR) is 119 cm³/mol. The topological polar surface area (TPSA) is 112 Å². The van der Waals surface area contributed by atoms with Crippen LogP contribution in [0.25, 0.3) is 11.4 Å². The summed E-state index contributed by atoms with van der Waals surface area (Å²) in [6.45, 7) is 6.37. The van der Waals surface area contributed by atoms with Crippen LogP contribution in [0.15, 0.2) is 24.3 Å². The second-order valence-electron chi connectivity index (χ2n) is 7.66. The molecule has 31 heavy (non-hydrogen) atoms. The maximum Gasteiger partial charge on any atom is 0.319 e. The zero-order valence-electron chi connectivity index (χ0n) is 17.9. The average Bonchev–Trinajstić information content (AvgIpc) is 2.80. The number of urea groups is 1. The van der Waals surface area contributed by atoms with Crippen LogP contribution >= 0.6 is 0 Å². The molecule has 9 nitrogen and oxygen atoms in total. The van der Waals surface area contributed by atoms with Crippen molar-refractivity contribution in [3.05, 3.63) is 35.5 Å². The van der Waals surface area contributed by atoms with Gasteiger partial charge in [-0.1, -0.05) is 0 Å². The van der Waals surface area contributed by atoms with Crippen molar-refractivity contribution in [2.24, 2.45) is 0 Å². The molecule has 1 fully saturated rings. The number of nitrogens with zero attached hydrogens (tertiary/aromatic N) is 3. The van der Waals surface area contributed by atoms with Crippen LogP contribution < -0.4 is 20.9 Å². The van der Waals surface area contributed by atoms with Crippen molar-refractivity contribution in [2.75, 3.05) is 56.2 Å². The van der Waals surface area contributed by atoms with Gasteiger partial charge in [0.25, 0.3) is 0 Å². The number of hydrogen-bond acceptors (Lipinski definition) is 7. The second-order valence-corrected chi connectivity index (χ2v) is 7.66.